The van der Waals surface area contributed by atoms with Crippen LogP contribution < -0.4 is 4.31 Å². The van der Waals surface area contributed by atoms with Crippen molar-refractivity contribution in [3.8, 4) is 6.07 Å². The molecule has 1 heterocycles. The van der Waals surface area contributed by atoms with Crippen LogP contribution in [0.3, 0.4) is 0 Å². The molecular formula is C11H12N2O2S. The molecule has 1 aromatic rings. The fourth-order valence-electron chi connectivity index (χ4n) is 1.78. The van der Waals surface area contributed by atoms with Crippen molar-refractivity contribution < 1.29 is 8.42 Å². The lowest BCUT2D eigenvalue weighted by Gasteiger charge is -2.28. The van der Waals surface area contributed by atoms with Crippen LogP contribution in [0.4, 0.5) is 5.69 Å². The summed E-state index contributed by atoms with van der Waals surface area (Å²) in [6.45, 7) is 0.536. The van der Waals surface area contributed by atoms with Crippen molar-refractivity contribution in [3.63, 3.8) is 0 Å². The Balaban J connectivity index is 2.33. The number of sulfonamides is 1. The molecular weight excluding hydrogens is 224 g/mol. The van der Waals surface area contributed by atoms with Gasteiger partial charge in [0.1, 0.15) is 0 Å². The Kier molecular flexibility index (Phi) is 2.84. The summed E-state index contributed by atoms with van der Waals surface area (Å²) in [5.74, 6) is 0.215. The highest BCUT2D eigenvalue weighted by Crippen LogP contribution is 2.23. The summed E-state index contributed by atoms with van der Waals surface area (Å²) in [4.78, 5) is 0. The summed E-state index contributed by atoms with van der Waals surface area (Å²) in [5, 5.41) is 8.66. The highest BCUT2D eigenvalue weighted by molar-refractivity contribution is 7.92. The maximum atomic E-state index is 11.8. The molecule has 84 valence electrons. The summed E-state index contributed by atoms with van der Waals surface area (Å²) in [7, 11) is -3.15. The zero-order valence-corrected chi connectivity index (χ0v) is 9.57. The number of anilines is 1. The third kappa shape index (κ3) is 2.02. The van der Waals surface area contributed by atoms with E-state index in [9.17, 15) is 8.42 Å². The van der Waals surface area contributed by atoms with Crippen LogP contribution in [0.15, 0.2) is 24.3 Å². The standard InChI is InChI=1S/C11H12N2O2S/c12-9-10-3-5-11(6-4-10)13-7-1-2-8-16(13,14)15/h3-6H,1-2,7-8H2. The van der Waals surface area contributed by atoms with Gasteiger partial charge in [0.2, 0.25) is 10.0 Å². The van der Waals surface area contributed by atoms with E-state index in [1.807, 2.05) is 6.07 Å². The number of nitrogens with zero attached hydrogens (tertiary/aromatic N) is 2. The predicted octanol–water partition coefficient (Wildman–Crippen LogP) is 1.49. The molecule has 0 saturated carbocycles. The van der Waals surface area contributed by atoms with Crippen molar-refractivity contribution in [3.05, 3.63) is 29.8 Å². The summed E-state index contributed by atoms with van der Waals surface area (Å²) in [6.07, 6.45) is 1.62. The van der Waals surface area contributed by atoms with E-state index < -0.39 is 10.0 Å². The van der Waals surface area contributed by atoms with E-state index in [1.54, 1.807) is 24.3 Å². The maximum Gasteiger partial charge on any atom is 0.235 e. The van der Waals surface area contributed by atoms with Gasteiger partial charge < -0.3 is 0 Å². The third-order valence-electron chi connectivity index (χ3n) is 2.63. The van der Waals surface area contributed by atoms with Crippen LogP contribution in [-0.2, 0) is 10.0 Å². The first-order valence-corrected chi connectivity index (χ1v) is 6.75. The largest absolute Gasteiger partial charge is 0.270 e. The van der Waals surface area contributed by atoms with Gasteiger partial charge in [0.25, 0.3) is 0 Å². The van der Waals surface area contributed by atoms with Crippen molar-refractivity contribution in [1.29, 1.82) is 5.26 Å². The van der Waals surface area contributed by atoms with E-state index >= 15 is 0 Å². The van der Waals surface area contributed by atoms with E-state index in [-0.39, 0.29) is 5.75 Å². The summed E-state index contributed by atoms with van der Waals surface area (Å²) >= 11 is 0. The summed E-state index contributed by atoms with van der Waals surface area (Å²) in [5.41, 5.74) is 1.19. The molecule has 0 atom stereocenters. The predicted molar refractivity (Wildman–Crippen MR) is 61.5 cm³/mol. The second kappa shape index (κ2) is 4.14. The van der Waals surface area contributed by atoms with Crippen LogP contribution in [0, 0.1) is 11.3 Å². The first-order valence-electron chi connectivity index (χ1n) is 5.14. The Morgan fingerprint density at radius 2 is 1.88 bits per heavy atom. The maximum absolute atomic E-state index is 11.8. The number of nitriles is 1. The molecule has 1 aromatic carbocycles. The van der Waals surface area contributed by atoms with Gasteiger partial charge in [-0.2, -0.15) is 5.26 Å². The van der Waals surface area contributed by atoms with Gasteiger partial charge in [0.05, 0.1) is 23.1 Å². The van der Waals surface area contributed by atoms with Crippen molar-refractivity contribution >= 4 is 15.7 Å². The van der Waals surface area contributed by atoms with Gasteiger partial charge in [-0.15, -0.1) is 0 Å². The molecule has 16 heavy (non-hydrogen) atoms. The zero-order valence-electron chi connectivity index (χ0n) is 8.76. The van der Waals surface area contributed by atoms with Crippen LogP contribution in [0.5, 0.6) is 0 Å². The number of hydrogen-bond donors (Lipinski definition) is 0. The second-order valence-electron chi connectivity index (χ2n) is 3.75. The molecule has 0 N–H and O–H groups in total. The molecule has 4 nitrogen and oxygen atoms in total. The van der Waals surface area contributed by atoms with Crippen LogP contribution >= 0.6 is 0 Å². The van der Waals surface area contributed by atoms with Gasteiger partial charge in [-0.3, -0.25) is 4.31 Å². The van der Waals surface area contributed by atoms with Gasteiger partial charge in [-0.25, -0.2) is 8.42 Å². The number of rotatable bonds is 1. The molecule has 1 aliphatic rings. The lowest BCUT2D eigenvalue weighted by Crippen LogP contribution is -2.37. The Morgan fingerprint density at radius 3 is 2.44 bits per heavy atom. The minimum atomic E-state index is -3.15. The van der Waals surface area contributed by atoms with Gasteiger partial charge in [0.15, 0.2) is 0 Å². The number of hydrogen-bond acceptors (Lipinski definition) is 3. The monoisotopic (exact) mass is 236 g/mol. The third-order valence-corrected chi connectivity index (χ3v) is 4.50. The Hall–Kier alpha value is -1.54. The average Bonchev–Trinajstić information content (AvgIpc) is 2.29. The van der Waals surface area contributed by atoms with Gasteiger partial charge >= 0.3 is 0 Å². The minimum Gasteiger partial charge on any atom is -0.270 e. The Morgan fingerprint density at radius 1 is 1.19 bits per heavy atom. The number of benzene rings is 1. The molecule has 0 aromatic heterocycles. The first kappa shape index (κ1) is 11.0. The van der Waals surface area contributed by atoms with E-state index in [2.05, 4.69) is 0 Å². The van der Waals surface area contributed by atoms with E-state index in [4.69, 9.17) is 5.26 Å². The topological polar surface area (TPSA) is 61.2 Å². The minimum absolute atomic E-state index is 0.215. The molecule has 1 aliphatic heterocycles. The Labute approximate surface area is 95.2 Å². The van der Waals surface area contributed by atoms with Gasteiger partial charge in [-0.1, -0.05) is 0 Å². The van der Waals surface area contributed by atoms with Gasteiger partial charge in [0, 0.05) is 6.54 Å². The molecule has 1 saturated heterocycles. The summed E-state index contributed by atoms with van der Waals surface area (Å²) < 4.78 is 25.0. The molecule has 0 amide bonds. The van der Waals surface area contributed by atoms with Crippen LogP contribution in [-0.4, -0.2) is 20.7 Å². The molecule has 0 spiro atoms. The molecule has 0 aliphatic carbocycles. The molecule has 0 radical (unpaired) electrons. The van der Waals surface area contributed by atoms with E-state index in [0.717, 1.165) is 12.8 Å². The molecule has 0 unspecified atom stereocenters. The van der Waals surface area contributed by atoms with Gasteiger partial charge in [-0.05, 0) is 37.1 Å². The lowest BCUT2D eigenvalue weighted by atomic mass is 10.2. The highest BCUT2D eigenvalue weighted by atomic mass is 32.2. The zero-order chi connectivity index (χ0) is 11.6. The fraction of sp³-hybridized carbons (Fsp3) is 0.364. The smallest absolute Gasteiger partial charge is 0.235 e. The lowest BCUT2D eigenvalue weighted by molar-refractivity contribution is 0.574. The molecule has 0 bridgehead atoms. The van der Waals surface area contributed by atoms with Crippen molar-refractivity contribution in [2.75, 3.05) is 16.6 Å². The van der Waals surface area contributed by atoms with Crippen molar-refractivity contribution in [2.24, 2.45) is 0 Å². The van der Waals surface area contributed by atoms with Crippen molar-refractivity contribution in [1.82, 2.24) is 0 Å². The van der Waals surface area contributed by atoms with E-state index in [1.165, 1.54) is 4.31 Å². The quantitative estimate of drug-likeness (QED) is 0.742. The van der Waals surface area contributed by atoms with Crippen LogP contribution in [0.1, 0.15) is 18.4 Å². The highest BCUT2D eigenvalue weighted by Gasteiger charge is 2.25. The second-order valence-corrected chi connectivity index (χ2v) is 5.77. The summed E-state index contributed by atoms with van der Waals surface area (Å²) in [6, 6.07) is 8.65. The van der Waals surface area contributed by atoms with Crippen LogP contribution in [0.2, 0.25) is 0 Å². The van der Waals surface area contributed by atoms with E-state index in [0.29, 0.717) is 17.8 Å². The molecule has 1 fully saturated rings. The molecule has 5 heteroatoms. The normalized spacial score (nSPS) is 19.1. The average molecular weight is 236 g/mol. The fourth-order valence-corrected chi connectivity index (χ4v) is 3.42. The van der Waals surface area contributed by atoms with Crippen molar-refractivity contribution in [2.45, 2.75) is 12.8 Å². The Bertz CT molecular complexity index is 514. The first-order chi connectivity index (χ1) is 7.63. The van der Waals surface area contributed by atoms with Crippen LogP contribution in [0.25, 0.3) is 0 Å². The molecule has 2 rings (SSSR count). The SMILES string of the molecule is N#Cc1ccc(N2CCCCS2(=O)=O)cc1.